The Hall–Kier alpha value is -2.08. The molecule has 0 bridgehead atoms. The van der Waals surface area contributed by atoms with Crippen LogP contribution in [0.2, 0.25) is 0 Å². The Kier molecular flexibility index (Phi) is 5.34. The van der Waals surface area contributed by atoms with E-state index in [1.54, 1.807) is 18.3 Å². The second-order valence-electron chi connectivity index (χ2n) is 7.52. The van der Waals surface area contributed by atoms with E-state index in [4.69, 9.17) is 4.74 Å². The zero-order valence-corrected chi connectivity index (χ0v) is 16.5. The summed E-state index contributed by atoms with van der Waals surface area (Å²) in [6.45, 7) is 1.66. The number of hydrogen-bond acceptors (Lipinski definition) is 4. The number of amides is 1. The number of aryl methyl sites for hydroxylation is 1. The van der Waals surface area contributed by atoms with E-state index in [0.717, 1.165) is 61.9 Å². The number of rotatable bonds is 5. The Morgan fingerprint density at radius 3 is 2.59 bits per heavy atom. The van der Waals surface area contributed by atoms with Crippen LogP contribution in [0.1, 0.15) is 66.2 Å². The Morgan fingerprint density at radius 1 is 1.15 bits per heavy atom. The van der Waals surface area contributed by atoms with Crippen molar-refractivity contribution in [2.75, 3.05) is 0 Å². The van der Waals surface area contributed by atoms with Crippen molar-refractivity contribution in [3.8, 4) is 5.00 Å². The second-order valence-corrected chi connectivity index (χ2v) is 8.60. The lowest BCUT2D eigenvalue weighted by molar-refractivity contribution is -0.129. The molecule has 0 radical (unpaired) electrons. The number of hydrogen-bond donors (Lipinski definition) is 1. The minimum absolute atomic E-state index is 0.193. The van der Waals surface area contributed by atoms with Gasteiger partial charge in [0.05, 0.1) is 5.56 Å². The van der Waals surface area contributed by atoms with Crippen molar-refractivity contribution in [2.45, 2.75) is 70.4 Å². The third-order valence-electron chi connectivity index (χ3n) is 5.55. The van der Waals surface area contributed by atoms with Crippen molar-refractivity contribution >= 4 is 23.2 Å². The van der Waals surface area contributed by atoms with Crippen molar-refractivity contribution in [1.29, 1.82) is 0 Å². The van der Waals surface area contributed by atoms with Crippen LogP contribution in [0.25, 0.3) is 5.00 Å². The quantitative estimate of drug-likeness (QED) is 0.790. The Morgan fingerprint density at radius 2 is 1.85 bits per heavy atom. The monoisotopic (exact) mass is 386 g/mol. The molecule has 0 spiro atoms. The van der Waals surface area contributed by atoms with E-state index in [1.807, 2.05) is 29.1 Å². The fourth-order valence-corrected chi connectivity index (χ4v) is 5.42. The first-order valence-electron chi connectivity index (χ1n) is 9.92. The molecule has 1 fully saturated rings. The summed E-state index contributed by atoms with van der Waals surface area (Å²) in [4.78, 5) is 26.7. The van der Waals surface area contributed by atoms with Gasteiger partial charge in [-0.1, -0.05) is 12.8 Å². The maximum atomic E-state index is 13.0. The predicted molar refractivity (Wildman–Crippen MR) is 106 cm³/mol. The topological polar surface area (TPSA) is 60.3 Å². The molecule has 0 aromatic carbocycles. The highest BCUT2D eigenvalue weighted by molar-refractivity contribution is 7.15. The number of carbonyl (C=O) groups excluding carboxylic acids is 2. The minimum Gasteiger partial charge on any atom is -0.449 e. The van der Waals surface area contributed by atoms with Crippen molar-refractivity contribution in [2.24, 2.45) is 0 Å². The molecule has 4 rings (SSSR count). The molecule has 1 amide bonds. The molecule has 0 aliphatic heterocycles. The maximum absolute atomic E-state index is 13.0. The number of esters is 1. The lowest BCUT2D eigenvalue weighted by Crippen LogP contribution is -2.41. The molecule has 2 aliphatic rings. The molecule has 0 unspecified atom stereocenters. The van der Waals surface area contributed by atoms with Crippen LogP contribution >= 0.6 is 11.3 Å². The minimum atomic E-state index is -0.783. The Balaban J connectivity index is 1.54. The van der Waals surface area contributed by atoms with Crippen LogP contribution in [0.5, 0.6) is 0 Å². The molecule has 1 saturated carbocycles. The zero-order valence-electron chi connectivity index (χ0n) is 15.7. The van der Waals surface area contributed by atoms with Crippen LogP contribution in [0.15, 0.2) is 24.5 Å². The van der Waals surface area contributed by atoms with Crippen LogP contribution in [0.4, 0.5) is 0 Å². The van der Waals surface area contributed by atoms with Gasteiger partial charge in [-0.15, -0.1) is 11.3 Å². The van der Waals surface area contributed by atoms with Crippen molar-refractivity contribution in [3.63, 3.8) is 0 Å². The van der Waals surface area contributed by atoms with Gasteiger partial charge in [-0.3, -0.25) is 4.79 Å². The van der Waals surface area contributed by atoms with Crippen LogP contribution in [0.3, 0.4) is 0 Å². The number of aromatic nitrogens is 1. The van der Waals surface area contributed by atoms with E-state index in [0.29, 0.717) is 5.56 Å². The summed E-state index contributed by atoms with van der Waals surface area (Å²) in [7, 11) is 0. The summed E-state index contributed by atoms with van der Waals surface area (Å²) in [6.07, 6.45) is 11.6. The summed E-state index contributed by atoms with van der Waals surface area (Å²) in [6, 6.07) is 4.12. The highest BCUT2D eigenvalue weighted by Gasteiger charge is 2.30. The Bertz CT molecular complexity index is 819. The van der Waals surface area contributed by atoms with Gasteiger partial charge >= 0.3 is 5.97 Å². The molecule has 1 atom stereocenters. The first-order chi connectivity index (χ1) is 13.1. The summed E-state index contributed by atoms with van der Waals surface area (Å²) in [5, 5.41) is 3.92. The molecule has 27 heavy (non-hydrogen) atoms. The largest absolute Gasteiger partial charge is 0.449 e. The van der Waals surface area contributed by atoms with Gasteiger partial charge in [0.2, 0.25) is 0 Å². The van der Waals surface area contributed by atoms with Crippen molar-refractivity contribution in [1.82, 2.24) is 9.88 Å². The molecule has 5 nitrogen and oxygen atoms in total. The molecule has 2 aromatic heterocycles. The van der Waals surface area contributed by atoms with Crippen LogP contribution in [-0.4, -0.2) is 28.6 Å². The van der Waals surface area contributed by atoms with Gasteiger partial charge in [0.1, 0.15) is 5.00 Å². The number of nitrogens with one attached hydrogen (secondary N) is 1. The van der Waals surface area contributed by atoms with E-state index < -0.39 is 6.10 Å². The van der Waals surface area contributed by atoms with E-state index >= 15 is 0 Å². The molecule has 0 saturated heterocycles. The summed E-state index contributed by atoms with van der Waals surface area (Å²) < 4.78 is 7.59. The fraction of sp³-hybridized carbons (Fsp3) is 0.524. The number of ether oxygens (including phenoxy) is 1. The van der Waals surface area contributed by atoms with E-state index in [-0.39, 0.29) is 17.9 Å². The van der Waals surface area contributed by atoms with Gasteiger partial charge in [-0.2, -0.15) is 0 Å². The average molecular weight is 387 g/mol. The van der Waals surface area contributed by atoms with Crippen LogP contribution in [-0.2, 0) is 22.4 Å². The van der Waals surface area contributed by atoms with Crippen LogP contribution < -0.4 is 5.32 Å². The van der Waals surface area contributed by atoms with Gasteiger partial charge in [0.25, 0.3) is 5.91 Å². The standard InChI is InChI=1S/C21H26N2O3S/c1-14(19(24)22-15-8-2-3-9-15)26-21(25)18-16-10-4-5-11-17(16)27-20(18)23-12-6-7-13-23/h6-7,12-15H,2-5,8-11H2,1H3,(H,22,24)/t14-/m0/s1. The van der Waals surface area contributed by atoms with Crippen molar-refractivity contribution in [3.05, 3.63) is 40.5 Å². The van der Waals surface area contributed by atoms with Gasteiger partial charge in [0.15, 0.2) is 6.10 Å². The van der Waals surface area contributed by atoms with Gasteiger partial charge in [0, 0.05) is 23.3 Å². The number of fused-ring (bicyclic) bond motifs is 1. The molecule has 2 aromatic rings. The number of thiophene rings is 1. The summed E-state index contributed by atoms with van der Waals surface area (Å²) in [5.74, 6) is -0.575. The third-order valence-corrected chi connectivity index (χ3v) is 6.86. The zero-order chi connectivity index (χ0) is 18.8. The van der Waals surface area contributed by atoms with E-state index in [1.165, 1.54) is 4.88 Å². The summed E-state index contributed by atoms with van der Waals surface area (Å²) >= 11 is 1.67. The van der Waals surface area contributed by atoms with E-state index in [9.17, 15) is 9.59 Å². The lowest BCUT2D eigenvalue weighted by atomic mass is 9.95. The number of nitrogens with zero attached hydrogens (tertiary/aromatic N) is 1. The molecule has 2 aliphatic carbocycles. The number of carbonyl (C=O) groups is 2. The molecule has 2 heterocycles. The first-order valence-corrected chi connectivity index (χ1v) is 10.7. The first kappa shape index (κ1) is 18.3. The van der Waals surface area contributed by atoms with Crippen LogP contribution in [0, 0.1) is 0 Å². The van der Waals surface area contributed by atoms with Gasteiger partial charge in [-0.25, -0.2) is 4.79 Å². The van der Waals surface area contributed by atoms with Gasteiger partial charge < -0.3 is 14.6 Å². The van der Waals surface area contributed by atoms with Crippen molar-refractivity contribution < 1.29 is 14.3 Å². The average Bonchev–Trinajstić information content (AvgIpc) is 3.41. The summed E-state index contributed by atoms with van der Waals surface area (Å²) in [5.41, 5.74) is 1.76. The smallest absolute Gasteiger partial charge is 0.342 e. The molecular formula is C21H26N2O3S. The SMILES string of the molecule is C[C@H](OC(=O)c1c(-n2cccc2)sc2c1CCCC2)C(=O)NC1CCCC1. The Labute approximate surface area is 163 Å². The van der Waals surface area contributed by atoms with E-state index in [2.05, 4.69) is 5.32 Å². The normalized spacial score (nSPS) is 18.1. The highest BCUT2D eigenvalue weighted by atomic mass is 32.1. The fourth-order valence-electron chi connectivity index (χ4n) is 4.08. The highest BCUT2D eigenvalue weighted by Crippen LogP contribution is 2.37. The third kappa shape index (κ3) is 3.81. The molecule has 1 N–H and O–H groups in total. The second kappa shape index (κ2) is 7.89. The lowest BCUT2D eigenvalue weighted by Gasteiger charge is -2.18. The maximum Gasteiger partial charge on any atom is 0.342 e. The molecule has 6 heteroatoms. The molecular weight excluding hydrogens is 360 g/mol. The predicted octanol–water partition coefficient (Wildman–Crippen LogP) is 4.02. The molecule has 144 valence electrons. The van der Waals surface area contributed by atoms with Gasteiger partial charge in [-0.05, 0) is 63.1 Å².